The predicted octanol–water partition coefficient (Wildman–Crippen LogP) is 1.15. The average molecular weight is 244 g/mol. The number of fused-ring (bicyclic) bond motifs is 1. The number of nitrogens with zero attached hydrogens (tertiary/aromatic N) is 3. The van der Waals surface area contributed by atoms with E-state index in [-0.39, 0.29) is 6.61 Å². The lowest BCUT2D eigenvalue weighted by Gasteiger charge is -2.04. The van der Waals surface area contributed by atoms with E-state index in [4.69, 9.17) is 10.3 Å². The lowest BCUT2D eigenvalue weighted by molar-refractivity contribution is 0.265. The molecule has 6 nitrogen and oxygen atoms in total. The highest BCUT2D eigenvalue weighted by molar-refractivity contribution is 5.79. The van der Waals surface area contributed by atoms with Gasteiger partial charge < -0.3 is 19.9 Å². The monoisotopic (exact) mass is 244 g/mol. The number of aromatic nitrogens is 3. The van der Waals surface area contributed by atoms with Gasteiger partial charge >= 0.3 is 0 Å². The summed E-state index contributed by atoms with van der Waals surface area (Å²) in [7, 11) is 0. The molecule has 0 radical (unpaired) electrons. The van der Waals surface area contributed by atoms with Gasteiger partial charge in [0.1, 0.15) is 12.4 Å². The molecule has 3 aromatic rings. The number of nitrogens with two attached hydrogens (primary N) is 1. The molecule has 0 bridgehead atoms. The summed E-state index contributed by atoms with van der Waals surface area (Å²) in [5.74, 6) is 1.29. The fourth-order valence-electron chi connectivity index (χ4n) is 1.97. The van der Waals surface area contributed by atoms with Gasteiger partial charge in [-0.1, -0.05) is 5.16 Å². The number of rotatable bonds is 3. The van der Waals surface area contributed by atoms with Crippen molar-refractivity contribution < 1.29 is 9.63 Å². The molecule has 92 valence electrons. The van der Waals surface area contributed by atoms with Crippen LogP contribution in [0.1, 0.15) is 11.6 Å². The first-order chi connectivity index (χ1) is 8.78. The summed E-state index contributed by atoms with van der Waals surface area (Å²) in [4.78, 5) is 4.34. The highest BCUT2D eigenvalue weighted by atomic mass is 16.5. The van der Waals surface area contributed by atoms with Crippen molar-refractivity contribution in [2.75, 3.05) is 5.73 Å². The highest BCUT2D eigenvalue weighted by Gasteiger charge is 2.11. The summed E-state index contributed by atoms with van der Waals surface area (Å²) >= 11 is 0. The number of benzene rings is 1. The van der Waals surface area contributed by atoms with Crippen LogP contribution in [0, 0.1) is 0 Å². The number of imidazole rings is 1. The molecule has 3 rings (SSSR count). The zero-order valence-electron chi connectivity index (χ0n) is 9.58. The van der Waals surface area contributed by atoms with Crippen LogP contribution in [0.2, 0.25) is 0 Å². The van der Waals surface area contributed by atoms with E-state index in [1.807, 2.05) is 16.7 Å². The Morgan fingerprint density at radius 1 is 1.33 bits per heavy atom. The molecule has 2 aromatic heterocycles. The Morgan fingerprint density at radius 3 is 2.94 bits per heavy atom. The van der Waals surface area contributed by atoms with Gasteiger partial charge in [0.05, 0.1) is 23.8 Å². The van der Waals surface area contributed by atoms with Crippen molar-refractivity contribution in [1.82, 2.24) is 14.7 Å². The molecule has 0 aliphatic heterocycles. The van der Waals surface area contributed by atoms with Crippen molar-refractivity contribution in [3.05, 3.63) is 42.0 Å². The maximum absolute atomic E-state index is 9.36. The summed E-state index contributed by atoms with van der Waals surface area (Å²) in [6.07, 6.45) is 1.59. The molecule has 3 N–H and O–H groups in total. The van der Waals surface area contributed by atoms with Crippen LogP contribution in [-0.4, -0.2) is 19.8 Å². The van der Waals surface area contributed by atoms with Crippen LogP contribution in [0.4, 0.5) is 5.69 Å². The third-order valence-electron chi connectivity index (χ3n) is 2.80. The molecule has 0 saturated carbocycles. The fraction of sp³-hybridized carbons (Fsp3) is 0.167. The number of hydrogen-bond donors (Lipinski definition) is 2. The maximum Gasteiger partial charge on any atom is 0.156 e. The number of aliphatic hydroxyl groups excluding tert-OH is 1. The van der Waals surface area contributed by atoms with Crippen LogP contribution in [0.25, 0.3) is 11.0 Å². The smallest absolute Gasteiger partial charge is 0.156 e. The molecule has 0 saturated heterocycles. The fourth-order valence-corrected chi connectivity index (χ4v) is 1.97. The first-order valence-electron chi connectivity index (χ1n) is 5.53. The van der Waals surface area contributed by atoms with Gasteiger partial charge in [0, 0.05) is 11.8 Å². The van der Waals surface area contributed by atoms with Gasteiger partial charge in [0.25, 0.3) is 0 Å². The van der Waals surface area contributed by atoms with Crippen LogP contribution in [0.15, 0.2) is 35.0 Å². The van der Waals surface area contributed by atoms with E-state index in [1.165, 1.54) is 0 Å². The van der Waals surface area contributed by atoms with Gasteiger partial charge in [-0.2, -0.15) is 0 Å². The summed E-state index contributed by atoms with van der Waals surface area (Å²) in [6, 6.07) is 7.25. The Balaban J connectivity index is 2.13. The molecular weight excluding hydrogens is 232 g/mol. The van der Waals surface area contributed by atoms with Crippen molar-refractivity contribution in [1.29, 1.82) is 0 Å². The first-order valence-corrected chi connectivity index (χ1v) is 5.53. The summed E-state index contributed by atoms with van der Waals surface area (Å²) < 4.78 is 6.96. The number of anilines is 1. The maximum atomic E-state index is 9.36. The number of aliphatic hydroxyl groups is 1. The Labute approximate surface area is 103 Å². The quantitative estimate of drug-likeness (QED) is 0.674. The Hall–Kier alpha value is -2.34. The SMILES string of the molecule is Nc1ccc2c(c1)nc(CO)n2Cc1ccno1. The molecule has 0 aliphatic carbocycles. The van der Waals surface area contributed by atoms with Crippen molar-refractivity contribution in [2.45, 2.75) is 13.2 Å². The predicted molar refractivity (Wildman–Crippen MR) is 65.7 cm³/mol. The Morgan fingerprint density at radius 2 is 2.22 bits per heavy atom. The van der Waals surface area contributed by atoms with Gasteiger partial charge in [-0.3, -0.25) is 0 Å². The van der Waals surface area contributed by atoms with Gasteiger partial charge in [0.15, 0.2) is 5.76 Å². The van der Waals surface area contributed by atoms with E-state index in [1.54, 1.807) is 18.3 Å². The number of hydrogen-bond acceptors (Lipinski definition) is 5. The number of nitrogen functional groups attached to an aromatic ring is 1. The van der Waals surface area contributed by atoms with Gasteiger partial charge in [0.2, 0.25) is 0 Å². The molecule has 0 amide bonds. The van der Waals surface area contributed by atoms with E-state index in [2.05, 4.69) is 10.1 Å². The van der Waals surface area contributed by atoms with Gasteiger partial charge in [-0.05, 0) is 18.2 Å². The molecule has 18 heavy (non-hydrogen) atoms. The molecule has 0 unspecified atom stereocenters. The minimum Gasteiger partial charge on any atom is -0.399 e. The van der Waals surface area contributed by atoms with Gasteiger partial charge in [-0.25, -0.2) is 4.98 Å². The van der Waals surface area contributed by atoms with Crippen molar-refractivity contribution in [3.63, 3.8) is 0 Å². The van der Waals surface area contributed by atoms with E-state index in [0.717, 1.165) is 11.0 Å². The average Bonchev–Trinajstić information content (AvgIpc) is 2.97. The van der Waals surface area contributed by atoms with Crippen LogP contribution in [0.3, 0.4) is 0 Å². The second-order valence-corrected chi connectivity index (χ2v) is 4.00. The van der Waals surface area contributed by atoms with E-state index >= 15 is 0 Å². The second kappa shape index (κ2) is 4.15. The van der Waals surface area contributed by atoms with Crippen LogP contribution in [-0.2, 0) is 13.2 Å². The van der Waals surface area contributed by atoms with Crippen LogP contribution in [0.5, 0.6) is 0 Å². The molecule has 0 spiro atoms. The molecule has 0 aliphatic rings. The third-order valence-corrected chi connectivity index (χ3v) is 2.80. The summed E-state index contributed by atoms with van der Waals surface area (Å²) in [5, 5.41) is 13.0. The molecule has 2 heterocycles. The van der Waals surface area contributed by atoms with Crippen molar-refractivity contribution in [2.24, 2.45) is 0 Å². The largest absolute Gasteiger partial charge is 0.399 e. The minimum absolute atomic E-state index is 0.136. The first kappa shape index (κ1) is 10.8. The van der Waals surface area contributed by atoms with E-state index in [9.17, 15) is 5.11 Å². The third kappa shape index (κ3) is 1.72. The lowest BCUT2D eigenvalue weighted by Crippen LogP contribution is -2.04. The molecule has 6 heteroatoms. The second-order valence-electron chi connectivity index (χ2n) is 4.00. The standard InChI is InChI=1S/C12H12N4O2/c13-8-1-2-11-10(5-8)15-12(7-17)16(11)6-9-3-4-14-18-9/h1-5,17H,6-7,13H2. The van der Waals surface area contributed by atoms with Crippen molar-refractivity contribution in [3.8, 4) is 0 Å². The minimum atomic E-state index is -0.136. The lowest BCUT2D eigenvalue weighted by atomic mass is 10.3. The van der Waals surface area contributed by atoms with Crippen LogP contribution < -0.4 is 5.73 Å². The van der Waals surface area contributed by atoms with E-state index in [0.29, 0.717) is 23.8 Å². The Kier molecular flexibility index (Phi) is 2.49. The topological polar surface area (TPSA) is 90.1 Å². The van der Waals surface area contributed by atoms with Crippen LogP contribution >= 0.6 is 0 Å². The van der Waals surface area contributed by atoms with E-state index < -0.39 is 0 Å². The highest BCUT2D eigenvalue weighted by Crippen LogP contribution is 2.20. The molecule has 1 aromatic carbocycles. The molecule has 0 fully saturated rings. The zero-order valence-corrected chi connectivity index (χ0v) is 9.58. The molecule has 0 atom stereocenters. The normalized spacial score (nSPS) is 11.2. The zero-order chi connectivity index (χ0) is 12.5. The van der Waals surface area contributed by atoms with Crippen molar-refractivity contribution >= 4 is 16.7 Å². The molecular formula is C12H12N4O2. The Bertz CT molecular complexity index is 673. The summed E-state index contributed by atoms with van der Waals surface area (Å²) in [6.45, 7) is 0.346. The summed E-state index contributed by atoms with van der Waals surface area (Å²) in [5.41, 5.74) is 8.04. The van der Waals surface area contributed by atoms with Gasteiger partial charge in [-0.15, -0.1) is 0 Å².